The minimum Gasteiger partial charge on any atom is -0.493 e. The summed E-state index contributed by atoms with van der Waals surface area (Å²) in [6.45, 7) is 21.1. The largest absolute Gasteiger partial charge is 0.493 e. The lowest BCUT2D eigenvalue weighted by molar-refractivity contribution is 0.0857. The fraction of sp³-hybridized carbons (Fsp3) is 0.478. The Kier molecular flexibility index (Phi) is 12.1. The molecule has 4 aromatic carbocycles. The first-order valence-corrected chi connectivity index (χ1v) is 19.2. The molecule has 0 amide bonds. The fourth-order valence-electron chi connectivity index (χ4n) is 6.59. The van der Waals surface area contributed by atoms with Gasteiger partial charge < -0.3 is 33.5 Å². The highest BCUT2D eigenvalue weighted by Crippen LogP contribution is 2.39. The minimum absolute atomic E-state index is 0.195. The Balaban J connectivity index is 0.972. The Morgan fingerprint density at radius 1 is 0.585 bits per heavy atom. The van der Waals surface area contributed by atoms with Crippen LogP contribution in [0.15, 0.2) is 84.9 Å². The molecule has 284 valence electrons. The molecule has 0 spiro atoms. The molecule has 53 heavy (non-hydrogen) atoms. The second kappa shape index (κ2) is 16.5. The second-order valence-corrected chi connectivity index (χ2v) is 16.2. The van der Waals surface area contributed by atoms with Crippen LogP contribution < -0.4 is 18.9 Å². The van der Waals surface area contributed by atoms with Gasteiger partial charge in [0, 0.05) is 17.3 Å². The van der Waals surface area contributed by atoms with Gasteiger partial charge >= 0.3 is 0 Å². The summed E-state index contributed by atoms with van der Waals surface area (Å²) in [4.78, 5) is 0. The molecule has 3 atom stereocenters. The molecule has 2 fully saturated rings. The molecule has 2 aliphatic heterocycles. The maximum absolute atomic E-state index is 10.7. The van der Waals surface area contributed by atoms with Gasteiger partial charge in [0.1, 0.15) is 55.0 Å². The number of epoxide rings is 2. The van der Waals surface area contributed by atoms with Crippen molar-refractivity contribution in [1.29, 1.82) is 0 Å². The molecule has 3 unspecified atom stereocenters. The summed E-state index contributed by atoms with van der Waals surface area (Å²) in [5.41, 5.74) is 6.86. The summed E-state index contributed by atoms with van der Waals surface area (Å²) >= 11 is 0. The summed E-state index contributed by atoms with van der Waals surface area (Å²) in [5, 5.41) is 10.7. The predicted molar refractivity (Wildman–Crippen MR) is 210 cm³/mol. The maximum Gasteiger partial charge on any atom is 0.122 e. The zero-order valence-electron chi connectivity index (χ0n) is 32.8. The summed E-state index contributed by atoms with van der Waals surface area (Å²) < 4.78 is 34.8. The first-order valence-electron chi connectivity index (χ1n) is 19.2. The van der Waals surface area contributed by atoms with Crippen LogP contribution in [0, 0.1) is 0 Å². The molecule has 4 aromatic rings. The van der Waals surface area contributed by atoms with Gasteiger partial charge in [-0.05, 0) is 81.6 Å². The van der Waals surface area contributed by atoms with E-state index in [0.717, 1.165) is 36.2 Å². The highest BCUT2D eigenvalue weighted by molar-refractivity contribution is 5.48. The van der Waals surface area contributed by atoms with Crippen molar-refractivity contribution >= 4 is 0 Å². The Labute approximate surface area is 316 Å². The third-order valence-electron chi connectivity index (χ3n) is 10.7. The first kappa shape index (κ1) is 38.7. The average molecular weight is 723 g/mol. The van der Waals surface area contributed by atoms with E-state index in [2.05, 4.69) is 116 Å². The van der Waals surface area contributed by atoms with E-state index in [1.54, 1.807) is 0 Å². The van der Waals surface area contributed by atoms with Gasteiger partial charge in [-0.2, -0.15) is 0 Å². The van der Waals surface area contributed by atoms with Crippen molar-refractivity contribution in [3.63, 3.8) is 0 Å². The smallest absolute Gasteiger partial charge is 0.122 e. The maximum atomic E-state index is 10.7. The summed E-state index contributed by atoms with van der Waals surface area (Å²) in [7, 11) is 0. The summed E-state index contributed by atoms with van der Waals surface area (Å²) in [6, 6.07) is 29.5. The molecule has 2 aliphatic rings. The van der Waals surface area contributed by atoms with E-state index in [-0.39, 0.29) is 29.6 Å². The topological polar surface area (TPSA) is 82.2 Å². The highest BCUT2D eigenvalue weighted by atomic mass is 16.6. The lowest BCUT2D eigenvalue weighted by atomic mass is 9.77. The molecule has 0 saturated carbocycles. The van der Waals surface area contributed by atoms with Crippen LogP contribution >= 0.6 is 0 Å². The van der Waals surface area contributed by atoms with Gasteiger partial charge in [0.05, 0.1) is 25.9 Å². The van der Waals surface area contributed by atoms with Crippen molar-refractivity contribution in [2.45, 2.75) is 103 Å². The number of hydrogen-bond acceptors (Lipinski definition) is 7. The number of ether oxygens (including phenoxy) is 6. The van der Waals surface area contributed by atoms with Crippen LogP contribution in [-0.2, 0) is 20.3 Å². The van der Waals surface area contributed by atoms with E-state index in [9.17, 15) is 5.11 Å². The molecular formula is C46H58O7. The van der Waals surface area contributed by atoms with Crippen LogP contribution in [0.3, 0.4) is 0 Å². The van der Waals surface area contributed by atoms with E-state index >= 15 is 0 Å². The van der Waals surface area contributed by atoms with E-state index in [1.165, 1.54) is 33.4 Å². The van der Waals surface area contributed by atoms with Crippen molar-refractivity contribution < 1.29 is 33.5 Å². The Morgan fingerprint density at radius 2 is 0.981 bits per heavy atom. The van der Waals surface area contributed by atoms with Crippen LogP contribution in [0.4, 0.5) is 0 Å². The fourth-order valence-corrected chi connectivity index (χ4v) is 6.59. The Bertz CT molecular complexity index is 1780. The van der Waals surface area contributed by atoms with Crippen LogP contribution in [0.1, 0.15) is 107 Å². The van der Waals surface area contributed by atoms with E-state index < -0.39 is 6.10 Å². The van der Waals surface area contributed by atoms with Gasteiger partial charge in [0.15, 0.2) is 0 Å². The lowest BCUT2D eigenvalue weighted by Gasteiger charge is -2.28. The Hall–Kier alpha value is -4.04. The Morgan fingerprint density at radius 3 is 1.38 bits per heavy atom. The molecule has 2 heterocycles. The molecule has 7 nitrogen and oxygen atoms in total. The van der Waals surface area contributed by atoms with Crippen molar-refractivity contribution in [1.82, 2.24) is 0 Å². The molecule has 0 bridgehead atoms. The van der Waals surface area contributed by atoms with Crippen LogP contribution in [-0.4, -0.2) is 63.1 Å². The van der Waals surface area contributed by atoms with Gasteiger partial charge in [-0.15, -0.1) is 0 Å². The van der Waals surface area contributed by atoms with E-state index in [1.807, 2.05) is 24.3 Å². The standard InChI is InChI=1S/C46H58O7/c1-30(2)41-23-34(13-19-43(41)52-28-39-26-50-39)45(5,6)32-9-15-37(16-10-32)48-22-21-36(47)25-49-38-17-11-33(12-18-38)46(7,8)35-14-20-44(42(24-35)31(3)4)53-29-40-27-51-40/h9-20,23-24,30-31,36,39-40,47H,21-22,25-29H2,1-8H3. The van der Waals surface area contributed by atoms with Crippen LogP contribution in [0.25, 0.3) is 0 Å². The molecule has 0 aromatic heterocycles. The third kappa shape index (κ3) is 9.94. The van der Waals surface area contributed by atoms with Crippen molar-refractivity contribution in [2.75, 3.05) is 39.6 Å². The zero-order valence-corrected chi connectivity index (χ0v) is 32.8. The monoisotopic (exact) mass is 722 g/mol. The van der Waals surface area contributed by atoms with Gasteiger partial charge in [-0.25, -0.2) is 0 Å². The van der Waals surface area contributed by atoms with Crippen LogP contribution in [0.2, 0.25) is 0 Å². The van der Waals surface area contributed by atoms with Crippen molar-refractivity contribution in [2.24, 2.45) is 0 Å². The van der Waals surface area contributed by atoms with Gasteiger partial charge in [0.25, 0.3) is 0 Å². The summed E-state index contributed by atoms with van der Waals surface area (Å²) in [5.74, 6) is 4.07. The first-order chi connectivity index (χ1) is 25.3. The van der Waals surface area contributed by atoms with Gasteiger partial charge in [-0.3, -0.25) is 0 Å². The highest BCUT2D eigenvalue weighted by Gasteiger charge is 2.28. The van der Waals surface area contributed by atoms with E-state index in [0.29, 0.717) is 38.1 Å². The van der Waals surface area contributed by atoms with Crippen molar-refractivity contribution in [3.05, 3.63) is 118 Å². The second-order valence-electron chi connectivity index (χ2n) is 16.2. The van der Waals surface area contributed by atoms with Gasteiger partial charge in [-0.1, -0.05) is 104 Å². The molecular weight excluding hydrogens is 664 g/mol. The predicted octanol–water partition coefficient (Wildman–Crippen LogP) is 9.35. The number of hydrogen-bond donors (Lipinski definition) is 1. The molecule has 0 radical (unpaired) electrons. The molecule has 0 aliphatic carbocycles. The molecule has 2 saturated heterocycles. The van der Waals surface area contributed by atoms with E-state index in [4.69, 9.17) is 28.4 Å². The van der Waals surface area contributed by atoms with Crippen LogP contribution in [0.5, 0.6) is 23.0 Å². The number of benzene rings is 4. The number of rotatable bonds is 19. The lowest BCUT2D eigenvalue weighted by Crippen LogP contribution is -2.21. The molecule has 1 N–H and O–H groups in total. The number of aliphatic hydroxyl groups excluding tert-OH is 1. The normalized spacial score (nSPS) is 17.5. The SMILES string of the molecule is CC(C)c1cc(C(C)(C)c2ccc(OCCC(O)COc3ccc(C(C)(C)c4ccc(OCC5CO5)c(C(C)C)c4)cc3)cc2)ccc1OCC1CO1. The third-order valence-corrected chi connectivity index (χ3v) is 10.7. The van der Waals surface area contributed by atoms with Gasteiger partial charge in [0.2, 0.25) is 0 Å². The average Bonchev–Trinajstić information content (AvgIpc) is 4.09. The molecule has 7 heteroatoms. The minimum atomic E-state index is -0.648. The summed E-state index contributed by atoms with van der Waals surface area (Å²) in [6.07, 6.45) is 0.271. The number of aliphatic hydroxyl groups is 1. The zero-order chi connectivity index (χ0) is 37.8. The molecule has 6 rings (SSSR count). The van der Waals surface area contributed by atoms with Crippen molar-refractivity contribution in [3.8, 4) is 23.0 Å². The quantitative estimate of drug-likeness (QED) is 0.0967.